The van der Waals surface area contributed by atoms with Gasteiger partial charge in [-0.05, 0) is 53.0 Å². The lowest BCUT2D eigenvalue weighted by Crippen LogP contribution is -2.55. The molecule has 28 heavy (non-hydrogen) atoms. The van der Waals surface area contributed by atoms with Crippen molar-refractivity contribution in [1.29, 1.82) is 0 Å². The third-order valence-corrected chi connectivity index (χ3v) is 4.72. The average Bonchev–Trinajstić information content (AvgIpc) is 2.86. The molecule has 3 aliphatic rings. The van der Waals surface area contributed by atoms with Gasteiger partial charge in [-0.15, -0.1) is 0 Å². The molecule has 8 nitrogen and oxygen atoms in total. The molecule has 2 saturated heterocycles. The summed E-state index contributed by atoms with van der Waals surface area (Å²) >= 11 is 0. The number of carbonyl (C=O) groups is 3. The molecule has 2 amide bonds. The van der Waals surface area contributed by atoms with Crippen molar-refractivity contribution in [3.63, 3.8) is 0 Å². The minimum atomic E-state index is -1.67. The summed E-state index contributed by atoms with van der Waals surface area (Å²) in [7, 11) is 0. The van der Waals surface area contributed by atoms with Gasteiger partial charge in [0.05, 0.1) is 0 Å². The lowest BCUT2D eigenvalue weighted by atomic mass is 9.83. The number of carboxylic acid groups (broad SMARTS) is 1. The molecule has 2 aliphatic heterocycles. The second kappa shape index (κ2) is 9.45. The van der Waals surface area contributed by atoms with Gasteiger partial charge in [-0.2, -0.15) is 5.06 Å². The molecular weight excluding hydrogens is 364 g/mol. The number of allylic oxidation sites excluding steroid dienone is 2. The third kappa shape index (κ3) is 7.53. The molecule has 4 N–H and O–H groups in total. The van der Waals surface area contributed by atoms with Crippen LogP contribution in [0.4, 0.5) is 0 Å². The number of amides is 2. The van der Waals surface area contributed by atoms with E-state index in [4.69, 9.17) is 10.3 Å². The highest BCUT2D eigenvalue weighted by molar-refractivity contribution is 6.00. The number of nitrogens with one attached hydrogen (secondary N) is 1. The number of hydrogen-bond donors (Lipinski definition) is 4. The van der Waals surface area contributed by atoms with E-state index >= 15 is 0 Å². The van der Waals surface area contributed by atoms with Gasteiger partial charge in [0.25, 0.3) is 11.8 Å². The lowest BCUT2D eigenvalue weighted by Gasteiger charge is -2.42. The van der Waals surface area contributed by atoms with E-state index in [1.807, 2.05) is 0 Å². The van der Waals surface area contributed by atoms with Gasteiger partial charge in [0, 0.05) is 30.3 Å². The summed E-state index contributed by atoms with van der Waals surface area (Å²) in [4.78, 5) is 30.8. The molecule has 8 heteroatoms. The largest absolute Gasteiger partial charge is 0.479 e. The predicted octanol–water partition coefficient (Wildman–Crippen LogP) is 2.16. The van der Waals surface area contributed by atoms with Crippen LogP contribution in [0.15, 0.2) is 24.3 Å². The minimum Gasteiger partial charge on any atom is -0.479 e. The van der Waals surface area contributed by atoms with Crippen LogP contribution in [0.25, 0.3) is 0 Å². The topological polar surface area (TPSA) is 127 Å². The molecule has 2 fully saturated rings. The number of rotatable bonds is 1. The molecule has 2 heterocycles. The molecular formula is C20H32N2O6. The zero-order valence-corrected chi connectivity index (χ0v) is 17.1. The van der Waals surface area contributed by atoms with Gasteiger partial charge in [0.1, 0.15) is 0 Å². The quantitative estimate of drug-likeness (QED) is 0.395. The summed E-state index contributed by atoms with van der Waals surface area (Å²) in [6, 6.07) is 0. The van der Waals surface area contributed by atoms with E-state index in [0.717, 1.165) is 0 Å². The Morgan fingerprint density at radius 3 is 1.75 bits per heavy atom. The Kier molecular flexibility index (Phi) is 8.10. The monoisotopic (exact) mass is 396 g/mol. The van der Waals surface area contributed by atoms with Crippen molar-refractivity contribution < 1.29 is 29.8 Å². The van der Waals surface area contributed by atoms with Crippen molar-refractivity contribution in [2.45, 2.75) is 82.9 Å². The number of aliphatic hydroxyl groups is 1. The third-order valence-electron chi connectivity index (χ3n) is 4.72. The number of nitrogens with zero attached hydrogens (tertiary/aromatic N) is 1. The fourth-order valence-electron chi connectivity index (χ4n) is 3.35. The Bertz CT molecular complexity index is 623. The SMILES string of the molecule is CC1(C)CCCC(C)(C)N1.O=C(O)C1(O)C=CC=CC1.O=C1CCC(=O)N1O. The number of carboxylic acids is 1. The van der Waals surface area contributed by atoms with Gasteiger partial charge < -0.3 is 15.5 Å². The van der Waals surface area contributed by atoms with Gasteiger partial charge >= 0.3 is 5.97 Å². The van der Waals surface area contributed by atoms with E-state index in [0.29, 0.717) is 11.1 Å². The summed E-state index contributed by atoms with van der Waals surface area (Å²) in [6.07, 6.45) is 10.6. The first-order valence-electron chi connectivity index (χ1n) is 9.42. The molecule has 0 spiro atoms. The van der Waals surface area contributed by atoms with Crippen molar-refractivity contribution in [2.75, 3.05) is 0 Å². The summed E-state index contributed by atoms with van der Waals surface area (Å²) in [5.41, 5.74) is -0.946. The first-order chi connectivity index (χ1) is 12.8. The number of imide groups is 1. The van der Waals surface area contributed by atoms with Crippen LogP contribution in [0.1, 0.15) is 66.2 Å². The fourth-order valence-corrected chi connectivity index (χ4v) is 3.35. The van der Waals surface area contributed by atoms with Crippen LogP contribution in [0.2, 0.25) is 0 Å². The average molecular weight is 396 g/mol. The summed E-state index contributed by atoms with van der Waals surface area (Å²) < 4.78 is 0. The first-order valence-corrected chi connectivity index (χ1v) is 9.42. The van der Waals surface area contributed by atoms with Gasteiger partial charge in [0.2, 0.25) is 0 Å². The molecule has 0 saturated carbocycles. The second-order valence-corrected chi connectivity index (χ2v) is 8.57. The molecule has 1 unspecified atom stereocenters. The van der Waals surface area contributed by atoms with E-state index in [1.54, 1.807) is 12.2 Å². The highest BCUT2D eigenvalue weighted by Gasteiger charge is 2.32. The Hall–Kier alpha value is -2.03. The van der Waals surface area contributed by atoms with E-state index in [9.17, 15) is 19.5 Å². The van der Waals surface area contributed by atoms with Crippen LogP contribution in [-0.4, -0.2) is 54.9 Å². The molecule has 1 atom stereocenters. The van der Waals surface area contributed by atoms with Crippen molar-refractivity contribution in [1.82, 2.24) is 10.4 Å². The van der Waals surface area contributed by atoms with Gasteiger partial charge in [0.15, 0.2) is 5.60 Å². The van der Waals surface area contributed by atoms with Crippen LogP contribution >= 0.6 is 0 Å². The number of hydroxylamine groups is 2. The Morgan fingerprint density at radius 1 is 1.04 bits per heavy atom. The Morgan fingerprint density at radius 2 is 1.54 bits per heavy atom. The molecule has 0 radical (unpaired) electrons. The molecule has 1 aliphatic carbocycles. The maximum atomic E-state index is 10.3. The molecule has 3 rings (SSSR count). The van der Waals surface area contributed by atoms with Crippen LogP contribution in [-0.2, 0) is 14.4 Å². The van der Waals surface area contributed by atoms with Crippen LogP contribution in [0.3, 0.4) is 0 Å². The lowest BCUT2D eigenvalue weighted by molar-refractivity contribution is -0.171. The van der Waals surface area contributed by atoms with Crippen LogP contribution < -0.4 is 5.32 Å². The predicted molar refractivity (Wildman–Crippen MR) is 104 cm³/mol. The van der Waals surface area contributed by atoms with Crippen LogP contribution in [0.5, 0.6) is 0 Å². The van der Waals surface area contributed by atoms with Gasteiger partial charge in [-0.3, -0.25) is 14.8 Å². The Balaban J connectivity index is 0.000000212. The molecule has 158 valence electrons. The van der Waals surface area contributed by atoms with Gasteiger partial charge in [-0.1, -0.05) is 18.2 Å². The second-order valence-electron chi connectivity index (χ2n) is 8.57. The van der Waals surface area contributed by atoms with E-state index in [2.05, 4.69) is 33.0 Å². The highest BCUT2D eigenvalue weighted by Crippen LogP contribution is 2.27. The van der Waals surface area contributed by atoms with Gasteiger partial charge in [-0.25, -0.2) is 4.79 Å². The molecule has 0 bridgehead atoms. The maximum Gasteiger partial charge on any atom is 0.340 e. The number of piperidine rings is 1. The fraction of sp³-hybridized carbons (Fsp3) is 0.650. The number of aliphatic carboxylic acids is 1. The first kappa shape index (κ1) is 24.0. The number of hydrogen-bond acceptors (Lipinski definition) is 6. The zero-order chi connectivity index (χ0) is 21.6. The van der Waals surface area contributed by atoms with Crippen molar-refractivity contribution in [2.24, 2.45) is 0 Å². The Labute approximate surface area is 165 Å². The normalized spacial score (nSPS) is 27.4. The van der Waals surface area contributed by atoms with E-state index in [-0.39, 0.29) is 24.3 Å². The highest BCUT2D eigenvalue weighted by atomic mass is 16.5. The summed E-state index contributed by atoms with van der Waals surface area (Å²) in [6.45, 7) is 9.14. The standard InChI is InChI=1S/C9H19N.C7H8O3.C4H5NO3/c1-8(2)6-5-7-9(3,4)10-8;8-6(9)7(10)4-2-1-3-5-7;6-3-1-2-4(7)5(3)8/h10H,5-7H2,1-4H3;1-4,10H,5H2,(H,8,9);8H,1-2H2. The van der Waals surface area contributed by atoms with E-state index in [1.165, 1.54) is 31.4 Å². The van der Waals surface area contributed by atoms with Crippen molar-refractivity contribution in [3.8, 4) is 0 Å². The molecule has 0 aromatic rings. The smallest absolute Gasteiger partial charge is 0.340 e. The molecule has 0 aromatic heterocycles. The van der Waals surface area contributed by atoms with Crippen LogP contribution in [0, 0.1) is 0 Å². The summed E-state index contributed by atoms with van der Waals surface area (Å²) in [5.74, 6) is -2.21. The van der Waals surface area contributed by atoms with Crippen molar-refractivity contribution >= 4 is 17.8 Å². The number of carbonyl (C=O) groups excluding carboxylic acids is 2. The van der Waals surface area contributed by atoms with E-state index < -0.39 is 23.4 Å². The minimum absolute atomic E-state index is 0.148. The molecule has 0 aromatic carbocycles. The maximum absolute atomic E-state index is 10.3. The summed E-state index contributed by atoms with van der Waals surface area (Å²) in [5, 5.41) is 29.9. The zero-order valence-electron chi connectivity index (χ0n) is 17.1. The van der Waals surface area contributed by atoms with Crippen molar-refractivity contribution in [3.05, 3.63) is 24.3 Å².